The van der Waals surface area contributed by atoms with Crippen LogP contribution in [0.5, 0.6) is 0 Å². The van der Waals surface area contributed by atoms with Crippen LogP contribution in [0.4, 0.5) is 0 Å². The Morgan fingerprint density at radius 1 is 1.00 bits per heavy atom. The van der Waals surface area contributed by atoms with Gasteiger partial charge in [0.2, 0.25) is 6.04 Å². The predicted molar refractivity (Wildman–Crippen MR) is 96.9 cm³/mol. The van der Waals surface area contributed by atoms with E-state index in [1.54, 1.807) is 18.6 Å². The Kier molecular flexibility index (Phi) is 3.82. The number of nitrogens with two attached hydrogens (primary N) is 1. The zero-order valence-electron chi connectivity index (χ0n) is 15.2. The minimum absolute atomic E-state index is 0.102. The van der Waals surface area contributed by atoms with E-state index < -0.39 is 6.04 Å². The summed E-state index contributed by atoms with van der Waals surface area (Å²) in [7, 11) is 0. The third-order valence-corrected chi connectivity index (χ3v) is 8.31. The number of hydrogen-bond acceptors (Lipinski definition) is 5. The molecule has 5 saturated carbocycles. The topological polar surface area (TPSA) is 94.9 Å². The van der Waals surface area contributed by atoms with Gasteiger partial charge < -0.3 is 5.73 Å². The fourth-order valence-corrected chi connectivity index (χ4v) is 7.35. The standard InChI is InChI=1S/C20H28N4O2/c21-20(15-6-12-5-13(8-15)9-16(20)7-12)14-1-2-19(24(25)26)17(10-14)18-11-22-3-4-23-18/h3-4,11-17,19H,1-2,5-10,21H2. The average molecular weight is 356 g/mol. The largest absolute Gasteiger partial charge is 0.324 e. The van der Waals surface area contributed by atoms with Gasteiger partial charge in [-0.25, -0.2) is 0 Å². The smallest absolute Gasteiger partial charge is 0.221 e. The van der Waals surface area contributed by atoms with E-state index in [1.807, 2.05) is 0 Å². The number of nitro groups is 1. The first-order chi connectivity index (χ1) is 12.6. The van der Waals surface area contributed by atoms with Gasteiger partial charge in [-0.3, -0.25) is 20.1 Å². The maximum absolute atomic E-state index is 11.7. The van der Waals surface area contributed by atoms with Gasteiger partial charge in [-0.1, -0.05) is 0 Å². The Bertz CT molecular complexity index is 666. The number of nitrogens with zero attached hydrogens (tertiary/aromatic N) is 3. The average Bonchev–Trinajstić information content (AvgIpc) is 2.65. The van der Waals surface area contributed by atoms with Crippen molar-refractivity contribution in [2.24, 2.45) is 35.3 Å². The van der Waals surface area contributed by atoms with Crippen LogP contribution in [0.2, 0.25) is 0 Å². The zero-order valence-corrected chi connectivity index (χ0v) is 15.2. The summed E-state index contributed by atoms with van der Waals surface area (Å²) in [6, 6.07) is -0.552. The predicted octanol–water partition coefficient (Wildman–Crippen LogP) is 3.16. The molecule has 0 saturated heterocycles. The van der Waals surface area contributed by atoms with E-state index in [0.29, 0.717) is 24.2 Å². The van der Waals surface area contributed by atoms with Crippen molar-refractivity contribution in [3.63, 3.8) is 0 Å². The van der Waals surface area contributed by atoms with Gasteiger partial charge in [0.1, 0.15) is 0 Å². The first-order valence-corrected chi connectivity index (χ1v) is 10.2. The number of aromatic nitrogens is 2. The van der Waals surface area contributed by atoms with Crippen LogP contribution in [0.25, 0.3) is 0 Å². The van der Waals surface area contributed by atoms with Gasteiger partial charge in [0.25, 0.3) is 0 Å². The van der Waals surface area contributed by atoms with Crippen LogP contribution in [-0.4, -0.2) is 26.5 Å². The normalized spacial score (nSPS) is 47.0. The second-order valence-corrected chi connectivity index (χ2v) is 9.40. The molecule has 1 aromatic heterocycles. The molecule has 3 atom stereocenters. The minimum atomic E-state index is -0.552. The van der Waals surface area contributed by atoms with Gasteiger partial charge in [0, 0.05) is 35.5 Å². The molecule has 140 valence electrons. The highest BCUT2D eigenvalue weighted by Gasteiger charge is 2.59. The first kappa shape index (κ1) is 16.6. The van der Waals surface area contributed by atoms with E-state index in [-0.39, 0.29) is 16.4 Å². The van der Waals surface area contributed by atoms with Crippen molar-refractivity contribution in [3.05, 3.63) is 34.4 Å². The van der Waals surface area contributed by atoms with Crippen LogP contribution < -0.4 is 5.73 Å². The van der Waals surface area contributed by atoms with Crippen LogP contribution in [-0.2, 0) is 0 Å². The van der Waals surface area contributed by atoms with Crippen LogP contribution in [0.15, 0.2) is 18.6 Å². The highest BCUT2D eigenvalue weighted by Crippen LogP contribution is 2.61. The SMILES string of the molecule is NC1(C2CCC([N+](=O)[O-])C(c3cnccn3)C2)C2CC3CC(C2)CC1C3. The Labute approximate surface area is 154 Å². The van der Waals surface area contributed by atoms with Gasteiger partial charge in [0.15, 0.2) is 0 Å². The van der Waals surface area contributed by atoms with Crippen molar-refractivity contribution >= 4 is 0 Å². The highest BCUT2D eigenvalue weighted by atomic mass is 16.6. The second kappa shape index (κ2) is 5.98. The molecule has 0 aliphatic heterocycles. The fourth-order valence-electron chi connectivity index (χ4n) is 7.35. The summed E-state index contributed by atoms with van der Waals surface area (Å²) in [5.41, 5.74) is 7.88. The van der Waals surface area contributed by atoms with Crippen molar-refractivity contribution in [2.45, 2.75) is 68.9 Å². The van der Waals surface area contributed by atoms with Gasteiger partial charge in [-0.2, -0.15) is 0 Å². The lowest BCUT2D eigenvalue weighted by molar-refractivity contribution is -0.531. The molecule has 6 heteroatoms. The number of rotatable bonds is 3. The summed E-state index contributed by atoms with van der Waals surface area (Å²) in [5, 5.41) is 11.7. The molecule has 0 radical (unpaired) electrons. The zero-order chi connectivity index (χ0) is 17.9. The summed E-state index contributed by atoms with van der Waals surface area (Å²) >= 11 is 0. The second-order valence-electron chi connectivity index (χ2n) is 9.40. The molecule has 0 spiro atoms. The monoisotopic (exact) mass is 356 g/mol. The van der Waals surface area contributed by atoms with E-state index in [4.69, 9.17) is 5.73 Å². The summed E-state index contributed by atoms with van der Waals surface area (Å²) in [6.45, 7) is 0. The molecule has 0 amide bonds. The molecule has 3 unspecified atom stereocenters. The molecule has 0 aromatic carbocycles. The maximum Gasteiger partial charge on any atom is 0.221 e. The van der Waals surface area contributed by atoms with Crippen LogP contribution in [0.3, 0.4) is 0 Å². The van der Waals surface area contributed by atoms with Crippen molar-refractivity contribution in [1.29, 1.82) is 0 Å². The van der Waals surface area contributed by atoms with E-state index in [1.165, 1.54) is 32.1 Å². The molecule has 1 heterocycles. The molecular formula is C20H28N4O2. The van der Waals surface area contributed by atoms with Crippen molar-refractivity contribution in [2.75, 3.05) is 0 Å². The van der Waals surface area contributed by atoms with Crippen LogP contribution in [0.1, 0.15) is 63.0 Å². The number of hydrogen-bond donors (Lipinski definition) is 1. The van der Waals surface area contributed by atoms with Crippen molar-refractivity contribution < 1.29 is 4.92 Å². The lowest BCUT2D eigenvalue weighted by Gasteiger charge is -2.63. The molecule has 5 fully saturated rings. The Hall–Kier alpha value is -1.56. The van der Waals surface area contributed by atoms with Gasteiger partial charge in [-0.15, -0.1) is 0 Å². The first-order valence-electron chi connectivity index (χ1n) is 10.2. The quantitative estimate of drug-likeness (QED) is 0.663. The van der Waals surface area contributed by atoms with E-state index >= 15 is 0 Å². The summed E-state index contributed by atoms with van der Waals surface area (Å²) in [6.07, 6.45) is 13.9. The molecule has 1 aromatic rings. The molecule has 6 nitrogen and oxygen atoms in total. The lowest BCUT2D eigenvalue weighted by Crippen LogP contribution is -2.67. The van der Waals surface area contributed by atoms with E-state index in [2.05, 4.69) is 9.97 Å². The Morgan fingerprint density at radius 2 is 1.69 bits per heavy atom. The van der Waals surface area contributed by atoms with Crippen molar-refractivity contribution in [1.82, 2.24) is 9.97 Å². The molecular weight excluding hydrogens is 328 g/mol. The summed E-state index contributed by atoms with van der Waals surface area (Å²) in [5.74, 6) is 3.24. The fraction of sp³-hybridized carbons (Fsp3) is 0.800. The lowest BCUT2D eigenvalue weighted by atomic mass is 9.44. The van der Waals surface area contributed by atoms with Crippen LogP contribution in [0, 0.1) is 39.7 Å². The molecule has 2 N–H and O–H groups in total. The van der Waals surface area contributed by atoms with E-state index in [9.17, 15) is 10.1 Å². The maximum atomic E-state index is 11.7. The third kappa shape index (κ3) is 2.41. The van der Waals surface area contributed by atoms with Gasteiger partial charge >= 0.3 is 0 Å². The summed E-state index contributed by atoms with van der Waals surface area (Å²) in [4.78, 5) is 20.2. The van der Waals surface area contributed by atoms with Crippen LogP contribution >= 0.6 is 0 Å². The van der Waals surface area contributed by atoms with Crippen molar-refractivity contribution in [3.8, 4) is 0 Å². The molecule has 4 bridgehead atoms. The summed E-state index contributed by atoms with van der Waals surface area (Å²) < 4.78 is 0. The Morgan fingerprint density at radius 3 is 2.27 bits per heavy atom. The van der Waals surface area contributed by atoms with Gasteiger partial charge in [-0.05, 0) is 74.5 Å². The molecule has 5 aliphatic rings. The molecule has 26 heavy (non-hydrogen) atoms. The van der Waals surface area contributed by atoms with E-state index in [0.717, 1.165) is 30.4 Å². The third-order valence-electron chi connectivity index (χ3n) is 8.31. The molecule has 6 rings (SSSR count). The van der Waals surface area contributed by atoms with Gasteiger partial charge in [0.05, 0.1) is 11.6 Å². The molecule has 5 aliphatic carbocycles. The Balaban J connectivity index is 1.44. The highest BCUT2D eigenvalue weighted by molar-refractivity contribution is 5.16. The minimum Gasteiger partial charge on any atom is -0.324 e.